The average molecular weight is 309 g/mol. The molecule has 0 saturated carbocycles. The Balaban J connectivity index is 1.83. The molecule has 0 aliphatic carbocycles. The van der Waals surface area contributed by atoms with Crippen LogP contribution in [-0.2, 0) is 0 Å². The first-order valence-electron chi connectivity index (χ1n) is 6.96. The highest BCUT2D eigenvalue weighted by Gasteiger charge is 2.11. The van der Waals surface area contributed by atoms with Gasteiger partial charge >= 0.3 is 0 Å². The van der Waals surface area contributed by atoms with Crippen LogP contribution >= 0.6 is 0 Å². The van der Waals surface area contributed by atoms with E-state index in [2.05, 4.69) is 20.7 Å². The molecular weight excluding hydrogens is 294 g/mol. The quantitative estimate of drug-likeness (QED) is 0.642. The molecule has 23 heavy (non-hydrogen) atoms. The van der Waals surface area contributed by atoms with E-state index in [9.17, 15) is 9.90 Å². The molecule has 116 valence electrons. The number of aromatic nitrogens is 3. The fraction of sp³-hybridized carbons (Fsp3) is 0.0625. The number of carbonyl (C=O) groups excluding carboxylic acids is 1. The topological polar surface area (TPSA) is 92.1 Å². The summed E-state index contributed by atoms with van der Waals surface area (Å²) in [5, 5.41) is 19.5. The minimum atomic E-state index is -0.367. The first kappa shape index (κ1) is 14.6. The van der Waals surface area contributed by atoms with E-state index in [0.29, 0.717) is 11.6 Å². The fourth-order valence-electron chi connectivity index (χ4n) is 2.08. The fourth-order valence-corrected chi connectivity index (χ4v) is 2.08. The van der Waals surface area contributed by atoms with Gasteiger partial charge in [-0.2, -0.15) is 4.98 Å². The van der Waals surface area contributed by atoms with E-state index in [1.54, 1.807) is 17.1 Å². The minimum absolute atomic E-state index is 0.0855. The molecule has 0 bridgehead atoms. The van der Waals surface area contributed by atoms with E-state index in [1.165, 1.54) is 19.2 Å². The molecule has 0 atom stereocenters. The summed E-state index contributed by atoms with van der Waals surface area (Å²) in [6.45, 7) is 0. The van der Waals surface area contributed by atoms with Gasteiger partial charge in [-0.3, -0.25) is 4.79 Å². The molecule has 0 fully saturated rings. The number of phenols is 1. The lowest BCUT2D eigenvalue weighted by Gasteiger charge is -2.07. The van der Waals surface area contributed by atoms with Crippen molar-refractivity contribution in [1.29, 1.82) is 0 Å². The molecule has 0 spiro atoms. The van der Waals surface area contributed by atoms with E-state index < -0.39 is 0 Å². The molecule has 0 aliphatic rings. The zero-order valence-corrected chi connectivity index (χ0v) is 12.4. The number of carbonyl (C=O) groups is 1. The van der Waals surface area contributed by atoms with Crippen molar-refractivity contribution in [3.63, 3.8) is 0 Å². The molecule has 7 heteroatoms. The van der Waals surface area contributed by atoms with E-state index in [0.717, 1.165) is 5.69 Å². The number of rotatable bonds is 4. The van der Waals surface area contributed by atoms with Crippen LogP contribution in [0, 0.1) is 0 Å². The molecule has 3 rings (SSSR count). The van der Waals surface area contributed by atoms with Crippen molar-refractivity contribution in [2.75, 3.05) is 12.4 Å². The summed E-state index contributed by atoms with van der Waals surface area (Å²) < 4.78 is 1.64. The maximum absolute atomic E-state index is 11.7. The van der Waals surface area contributed by atoms with Crippen molar-refractivity contribution >= 4 is 17.5 Å². The van der Waals surface area contributed by atoms with E-state index in [4.69, 9.17) is 0 Å². The Labute approximate surface area is 132 Å². The van der Waals surface area contributed by atoms with E-state index >= 15 is 0 Å². The van der Waals surface area contributed by atoms with Crippen LogP contribution in [0.15, 0.2) is 54.9 Å². The Morgan fingerprint density at radius 3 is 2.70 bits per heavy atom. The zero-order valence-electron chi connectivity index (χ0n) is 12.4. The number of hydrogen-bond donors (Lipinski definition) is 3. The number of anilines is 2. The van der Waals surface area contributed by atoms with Gasteiger partial charge in [0.2, 0.25) is 5.95 Å². The van der Waals surface area contributed by atoms with E-state index in [1.807, 2.05) is 30.3 Å². The molecule has 1 aromatic heterocycles. The van der Waals surface area contributed by atoms with Gasteiger partial charge in [0.25, 0.3) is 5.91 Å². The van der Waals surface area contributed by atoms with E-state index in [-0.39, 0.29) is 17.2 Å². The molecule has 3 aromatic rings. The molecule has 2 aromatic carbocycles. The Bertz CT molecular complexity index is 829. The number of hydrogen-bond acceptors (Lipinski definition) is 5. The normalized spacial score (nSPS) is 10.3. The molecule has 0 radical (unpaired) electrons. The minimum Gasteiger partial charge on any atom is -0.507 e. The summed E-state index contributed by atoms with van der Waals surface area (Å²) in [6, 6.07) is 14.2. The molecule has 3 N–H and O–H groups in total. The lowest BCUT2D eigenvalue weighted by atomic mass is 10.1. The second-order valence-corrected chi connectivity index (χ2v) is 4.78. The van der Waals surface area contributed by atoms with Crippen LogP contribution in [0.3, 0.4) is 0 Å². The first-order chi connectivity index (χ1) is 11.2. The van der Waals surface area contributed by atoms with Crippen molar-refractivity contribution in [2.24, 2.45) is 0 Å². The van der Waals surface area contributed by atoms with Crippen molar-refractivity contribution in [3.05, 3.63) is 60.4 Å². The second kappa shape index (κ2) is 6.18. The number of aromatic hydroxyl groups is 1. The van der Waals surface area contributed by atoms with Crippen LogP contribution in [0.2, 0.25) is 0 Å². The summed E-state index contributed by atoms with van der Waals surface area (Å²) in [5.41, 5.74) is 1.68. The number of benzene rings is 2. The lowest BCUT2D eigenvalue weighted by molar-refractivity contribution is 0.0960. The van der Waals surface area contributed by atoms with Gasteiger partial charge in [0.1, 0.15) is 12.1 Å². The SMILES string of the molecule is CNC(=O)c1cc(Nc2ncn(-c3ccccc3)n2)ccc1O. The van der Waals surface area contributed by atoms with Crippen LogP contribution < -0.4 is 10.6 Å². The van der Waals surface area contributed by atoms with Crippen molar-refractivity contribution < 1.29 is 9.90 Å². The summed E-state index contributed by atoms with van der Waals surface area (Å²) in [4.78, 5) is 15.9. The summed E-state index contributed by atoms with van der Waals surface area (Å²) in [7, 11) is 1.50. The van der Waals surface area contributed by atoms with Crippen LogP contribution in [0.25, 0.3) is 5.69 Å². The predicted octanol–water partition coefficient (Wildman–Crippen LogP) is 2.08. The van der Waals surface area contributed by atoms with Gasteiger partial charge in [-0.25, -0.2) is 4.68 Å². The molecular formula is C16H15N5O2. The van der Waals surface area contributed by atoms with Gasteiger partial charge in [-0.15, -0.1) is 5.10 Å². The number of para-hydroxylation sites is 1. The van der Waals surface area contributed by atoms with Crippen LogP contribution in [0.4, 0.5) is 11.6 Å². The predicted molar refractivity (Wildman–Crippen MR) is 86.1 cm³/mol. The van der Waals surface area contributed by atoms with Crippen molar-refractivity contribution in [1.82, 2.24) is 20.1 Å². The number of nitrogens with zero attached hydrogens (tertiary/aromatic N) is 3. The van der Waals surface area contributed by atoms with Gasteiger partial charge in [0.05, 0.1) is 11.3 Å². The number of phenolic OH excluding ortho intramolecular Hbond substituents is 1. The van der Waals surface area contributed by atoms with Gasteiger partial charge in [-0.05, 0) is 30.3 Å². The highest BCUT2D eigenvalue weighted by molar-refractivity contribution is 5.97. The summed E-state index contributed by atoms with van der Waals surface area (Å²) in [6.07, 6.45) is 1.59. The molecule has 1 amide bonds. The maximum Gasteiger partial charge on any atom is 0.254 e. The van der Waals surface area contributed by atoms with Crippen LogP contribution in [0.1, 0.15) is 10.4 Å². The number of nitrogens with one attached hydrogen (secondary N) is 2. The maximum atomic E-state index is 11.7. The highest BCUT2D eigenvalue weighted by Crippen LogP contribution is 2.23. The third kappa shape index (κ3) is 3.13. The van der Waals surface area contributed by atoms with Gasteiger partial charge in [-0.1, -0.05) is 18.2 Å². The third-order valence-electron chi connectivity index (χ3n) is 3.24. The Morgan fingerprint density at radius 2 is 1.96 bits per heavy atom. The standard InChI is InChI=1S/C16H15N5O2/c1-17-15(23)13-9-11(7-8-14(13)22)19-16-18-10-21(20-16)12-5-3-2-4-6-12/h2-10,22H,1H3,(H,17,23)(H,19,20). The highest BCUT2D eigenvalue weighted by atomic mass is 16.3. The number of amides is 1. The van der Waals surface area contributed by atoms with Crippen LogP contribution in [0.5, 0.6) is 5.75 Å². The smallest absolute Gasteiger partial charge is 0.254 e. The largest absolute Gasteiger partial charge is 0.507 e. The first-order valence-corrected chi connectivity index (χ1v) is 6.96. The Kier molecular flexibility index (Phi) is 3.92. The zero-order chi connectivity index (χ0) is 16.2. The van der Waals surface area contributed by atoms with Crippen molar-refractivity contribution in [3.8, 4) is 11.4 Å². The molecule has 0 saturated heterocycles. The molecule has 0 unspecified atom stereocenters. The van der Waals surface area contributed by atoms with Crippen molar-refractivity contribution in [2.45, 2.75) is 0 Å². The lowest BCUT2D eigenvalue weighted by Crippen LogP contribution is -2.18. The van der Waals surface area contributed by atoms with Gasteiger partial charge in [0, 0.05) is 12.7 Å². The molecule has 0 aliphatic heterocycles. The summed E-state index contributed by atoms with van der Waals surface area (Å²) in [5.74, 6) is -0.0611. The monoisotopic (exact) mass is 309 g/mol. The Morgan fingerprint density at radius 1 is 1.17 bits per heavy atom. The van der Waals surface area contributed by atoms with Crippen LogP contribution in [-0.4, -0.2) is 32.8 Å². The van der Waals surface area contributed by atoms with Gasteiger partial charge < -0.3 is 15.7 Å². The molecule has 7 nitrogen and oxygen atoms in total. The molecule has 1 heterocycles. The second-order valence-electron chi connectivity index (χ2n) is 4.78. The average Bonchev–Trinajstić information content (AvgIpc) is 3.05. The van der Waals surface area contributed by atoms with Gasteiger partial charge in [0.15, 0.2) is 0 Å². The third-order valence-corrected chi connectivity index (χ3v) is 3.24. The Hall–Kier alpha value is -3.35. The summed E-state index contributed by atoms with van der Waals surface area (Å²) >= 11 is 0.